The zero-order valence-electron chi connectivity index (χ0n) is 11.9. The molecule has 2 N–H and O–H groups in total. The minimum atomic E-state index is 0.0724. The van der Waals surface area contributed by atoms with Crippen molar-refractivity contribution in [3.8, 4) is 0 Å². The molecule has 1 aromatic carbocycles. The molecule has 2 aliphatic rings. The Balaban J connectivity index is 1.72. The van der Waals surface area contributed by atoms with Gasteiger partial charge in [0.25, 0.3) is 5.91 Å². The van der Waals surface area contributed by atoms with Crippen molar-refractivity contribution in [2.24, 2.45) is 0 Å². The maximum atomic E-state index is 11.7. The van der Waals surface area contributed by atoms with Gasteiger partial charge in [-0.1, -0.05) is 25.3 Å². The van der Waals surface area contributed by atoms with Crippen LogP contribution in [0.25, 0.3) is 0 Å². The first-order valence-corrected chi connectivity index (χ1v) is 8.50. The van der Waals surface area contributed by atoms with E-state index >= 15 is 0 Å². The van der Waals surface area contributed by atoms with Crippen molar-refractivity contribution in [2.75, 3.05) is 0 Å². The normalized spacial score (nSPS) is 20.6. The Morgan fingerprint density at radius 1 is 1.30 bits per heavy atom. The van der Waals surface area contributed by atoms with E-state index in [0.717, 1.165) is 21.2 Å². The fraction of sp³-hybridized carbons (Fsp3) is 0.562. The van der Waals surface area contributed by atoms with E-state index in [1.807, 2.05) is 0 Å². The third-order valence-electron chi connectivity index (χ3n) is 4.57. The number of carbonyl (C=O) groups is 1. The highest BCUT2D eigenvalue weighted by atomic mass is 127. The van der Waals surface area contributed by atoms with Gasteiger partial charge in [0.15, 0.2) is 0 Å². The van der Waals surface area contributed by atoms with Crippen molar-refractivity contribution < 1.29 is 4.79 Å². The van der Waals surface area contributed by atoms with Crippen LogP contribution in [-0.2, 0) is 13.1 Å². The summed E-state index contributed by atoms with van der Waals surface area (Å²) in [6.45, 7) is 3.92. The predicted molar refractivity (Wildman–Crippen MR) is 88.7 cm³/mol. The molecule has 0 unspecified atom stereocenters. The summed E-state index contributed by atoms with van der Waals surface area (Å²) < 4.78 is 1.07. The summed E-state index contributed by atoms with van der Waals surface area (Å²) in [5.74, 6) is 0.0724. The van der Waals surface area contributed by atoms with E-state index in [1.165, 1.54) is 37.7 Å². The molecular weight excluding hydrogens is 363 g/mol. The van der Waals surface area contributed by atoms with E-state index in [2.05, 4.69) is 52.3 Å². The van der Waals surface area contributed by atoms with Crippen molar-refractivity contribution in [1.29, 1.82) is 0 Å². The van der Waals surface area contributed by atoms with Gasteiger partial charge >= 0.3 is 0 Å². The molecule has 1 aromatic rings. The highest BCUT2D eigenvalue weighted by Gasteiger charge is 2.26. The summed E-state index contributed by atoms with van der Waals surface area (Å²) in [7, 11) is 0. The molecule has 1 amide bonds. The molecule has 1 fully saturated rings. The Morgan fingerprint density at radius 2 is 2.05 bits per heavy atom. The van der Waals surface area contributed by atoms with Crippen LogP contribution in [0.1, 0.15) is 60.5 Å². The lowest BCUT2D eigenvalue weighted by molar-refractivity contribution is 0.0965. The van der Waals surface area contributed by atoms with Gasteiger partial charge < -0.3 is 10.6 Å². The van der Waals surface area contributed by atoms with Crippen LogP contribution in [-0.4, -0.2) is 11.4 Å². The van der Waals surface area contributed by atoms with E-state index in [0.29, 0.717) is 6.54 Å². The standard InChI is InChI=1S/C16H21IN2O/c1-16(5-3-2-4-6-16)19-9-11-7-12-10-18-15(20)14(12)13(17)8-11/h7-8,19H,2-6,9-10H2,1H3,(H,18,20). The van der Waals surface area contributed by atoms with Gasteiger partial charge in [0.05, 0.1) is 5.56 Å². The number of rotatable bonds is 3. The van der Waals surface area contributed by atoms with Gasteiger partial charge in [-0.3, -0.25) is 4.79 Å². The van der Waals surface area contributed by atoms with Crippen LogP contribution in [0.2, 0.25) is 0 Å². The third kappa shape index (κ3) is 2.86. The molecule has 0 aromatic heterocycles. The largest absolute Gasteiger partial charge is 0.348 e. The molecule has 1 aliphatic heterocycles. The first kappa shape index (κ1) is 14.3. The van der Waals surface area contributed by atoms with Crippen molar-refractivity contribution in [1.82, 2.24) is 10.6 Å². The van der Waals surface area contributed by atoms with Gasteiger partial charge in [-0.25, -0.2) is 0 Å². The predicted octanol–water partition coefficient (Wildman–Crippen LogP) is 3.35. The van der Waals surface area contributed by atoms with Crippen LogP contribution in [0.3, 0.4) is 0 Å². The fourth-order valence-corrected chi connectivity index (χ4v) is 4.30. The molecule has 4 heteroatoms. The monoisotopic (exact) mass is 384 g/mol. The van der Waals surface area contributed by atoms with Gasteiger partial charge in [0, 0.05) is 22.2 Å². The van der Waals surface area contributed by atoms with E-state index in [9.17, 15) is 4.79 Å². The van der Waals surface area contributed by atoms with Crippen LogP contribution in [0.5, 0.6) is 0 Å². The molecule has 20 heavy (non-hydrogen) atoms. The number of halogens is 1. The van der Waals surface area contributed by atoms with Crippen LogP contribution < -0.4 is 10.6 Å². The molecule has 3 nitrogen and oxygen atoms in total. The van der Waals surface area contributed by atoms with Crippen LogP contribution >= 0.6 is 22.6 Å². The Hall–Kier alpha value is -0.620. The molecule has 1 heterocycles. The van der Waals surface area contributed by atoms with E-state index in [1.54, 1.807) is 0 Å². The number of benzene rings is 1. The van der Waals surface area contributed by atoms with Gasteiger partial charge in [0.2, 0.25) is 0 Å². The number of nitrogens with one attached hydrogen (secondary N) is 2. The van der Waals surface area contributed by atoms with Crippen molar-refractivity contribution in [3.63, 3.8) is 0 Å². The zero-order chi connectivity index (χ0) is 14.2. The Bertz CT molecular complexity index is 536. The first-order chi connectivity index (χ1) is 9.57. The Labute approximate surface area is 134 Å². The average molecular weight is 384 g/mol. The van der Waals surface area contributed by atoms with Gasteiger partial charge in [0.1, 0.15) is 0 Å². The Kier molecular flexibility index (Phi) is 4.04. The minimum absolute atomic E-state index is 0.0724. The molecule has 0 bridgehead atoms. The summed E-state index contributed by atoms with van der Waals surface area (Å²) in [6.07, 6.45) is 6.60. The smallest absolute Gasteiger partial charge is 0.252 e. The van der Waals surface area contributed by atoms with Gasteiger partial charge in [-0.05, 0) is 59.5 Å². The second kappa shape index (κ2) is 5.64. The van der Waals surface area contributed by atoms with E-state index in [-0.39, 0.29) is 11.4 Å². The summed E-state index contributed by atoms with van der Waals surface area (Å²) >= 11 is 2.28. The van der Waals surface area contributed by atoms with Crippen LogP contribution in [0, 0.1) is 3.57 Å². The quantitative estimate of drug-likeness (QED) is 0.785. The summed E-state index contributed by atoms with van der Waals surface area (Å²) in [6, 6.07) is 4.32. The summed E-state index contributed by atoms with van der Waals surface area (Å²) in [5, 5.41) is 6.64. The molecule has 0 spiro atoms. The maximum absolute atomic E-state index is 11.7. The van der Waals surface area contributed by atoms with Crippen molar-refractivity contribution in [3.05, 3.63) is 32.4 Å². The highest BCUT2D eigenvalue weighted by molar-refractivity contribution is 14.1. The lowest BCUT2D eigenvalue weighted by Gasteiger charge is -2.35. The highest BCUT2D eigenvalue weighted by Crippen LogP contribution is 2.29. The fourth-order valence-electron chi connectivity index (χ4n) is 3.31. The lowest BCUT2D eigenvalue weighted by Crippen LogP contribution is -2.43. The van der Waals surface area contributed by atoms with Gasteiger partial charge in [-0.2, -0.15) is 0 Å². The first-order valence-electron chi connectivity index (χ1n) is 7.42. The molecule has 1 saturated carbocycles. The molecule has 0 saturated heterocycles. The number of carbonyl (C=O) groups excluding carboxylic acids is 1. The second-order valence-corrected chi connectivity index (χ2v) is 7.43. The molecule has 0 radical (unpaired) electrons. The van der Waals surface area contributed by atoms with Crippen LogP contribution in [0.15, 0.2) is 12.1 Å². The van der Waals surface area contributed by atoms with E-state index in [4.69, 9.17) is 0 Å². The summed E-state index contributed by atoms with van der Waals surface area (Å²) in [5.41, 5.74) is 3.60. The van der Waals surface area contributed by atoms with Crippen molar-refractivity contribution >= 4 is 28.5 Å². The minimum Gasteiger partial charge on any atom is -0.348 e. The molecule has 1 aliphatic carbocycles. The lowest BCUT2D eigenvalue weighted by atomic mass is 9.83. The number of hydrogen-bond acceptors (Lipinski definition) is 2. The number of hydrogen-bond donors (Lipinski definition) is 2. The zero-order valence-corrected chi connectivity index (χ0v) is 14.0. The van der Waals surface area contributed by atoms with Crippen molar-refractivity contribution in [2.45, 2.75) is 57.7 Å². The van der Waals surface area contributed by atoms with E-state index < -0.39 is 0 Å². The second-order valence-electron chi connectivity index (χ2n) is 6.27. The molecule has 0 atom stereocenters. The SMILES string of the molecule is CC1(NCc2cc(I)c3c(c2)CNC3=O)CCCCC1. The van der Waals surface area contributed by atoms with Gasteiger partial charge in [-0.15, -0.1) is 0 Å². The molecule has 108 valence electrons. The molecular formula is C16H21IN2O. The Morgan fingerprint density at radius 3 is 2.80 bits per heavy atom. The number of fused-ring (bicyclic) bond motifs is 1. The summed E-state index contributed by atoms with van der Waals surface area (Å²) in [4.78, 5) is 11.7. The van der Waals surface area contributed by atoms with Crippen LogP contribution in [0.4, 0.5) is 0 Å². The topological polar surface area (TPSA) is 41.1 Å². The average Bonchev–Trinajstić information content (AvgIpc) is 2.80. The maximum Gasteiger partial charge on any atom is 0.252 e. The number of amides is 1. The molecule has 3 rings (SSSR count). The third-order valence-corrected chi connectivity index (χ3v) is 5.43.